The molecule has 0 saturated carbocycles. The quantitative estimate of drug-likeness (QED) is 0.234. The average Bonchev–Trinajstić information content (AvgIpc) is 3.02. The fourth-order valence-electron chi connectivity index (χ4n) is 5.74. The topological polar surface area (TPSA) is 41.9 Å². The standard InChI is InChI=1S/C36H28N4/c1-36(2)28-11-3-5-15-34(28)40(35-16-6-4-12-29(35)36)27-19-17-25(18-20-27)26-23-32(30-13-7-9-21-37-30)39-33(24-26)31-14-8-10-22-38-31/h3-24H,1-2H3. The van der Waals surface area contributed by atoms with Crippen LogP contribution < -0.4 is 4.90 Å². The van der Waals surface area contributed by atoms with E-state index in [2.05, 4.69) is 114 Å². The van der Waals surface area contributed by atoms with Crippen molar-refractivity contribution in [3.63, 3.8) is 0 Å². The van der Waals surface area contributed by atoms with Crippen LogP contribution >= 0.6 is 0 Å². The van der Waals surface area contributed by atoms with Crippen LogP contribution in [0.1, 0.15) is 25.0 Å². The summed E-state index contributed by atoms with van der Waals surface area (Å²) >= 11 is 0. The van der Waals surface area contributed by atoms with E-state index in [9.17, 15) is 0 Å². The molecule has 4 nitrogen and oxygen atoms in total. The first-order chi connectivity index (χ1) is 19.6. The van der Waals surface area contributed by atoms with Gasteiger partial charge in [0.05, 0.1) is 34.2 Å². The van der Waals surface area contributed by atoms with E-state index in [0.29, 0.717) is 0 Å². The summed E-state index contributed by atoms with van der Waals surface area (Å²) in [5, 5.41) is 0. The Morgan fingerprint density at radius 2 is 1.00 bits per heavy atom. The number of anilines is 3. The zero-order chi connectivity index (χ0) is 27.1. The Kier molecular flexibility index (Phi) is 5.75. The van der Waals surface area contributed by atoms with Gasteiger partial charge in [-0.3, -0.25) is 9.97 Å². The second kappa shape index (κ2) is 9.58. The van der Waals surface area contributed by atoms with Gasteiger partial charge >= 0.3 is 0 Å². The molecule has 0 fully saturated rings. The molecule has 7 rings (SSSR count). The van der Waals surface area contributed by atoms with Gasteiger partial charge in [0.25, 0.3) is 0 Å². The van der Waals surface area contributed by atoms with Gasteiger partial charge in [-0.25, -0.2) is 4.98 Å². The molecule has 1 aliphatic heterocycles. The minimum atomic E-state index is -0.0790. The van der Waals surface area contributed by atoms with Crippen molar-refractivity contribution in [2.45, 2.75) is 19.3 Å². The lowest BCUT2D eigenvalue weighted by atomic mass is 9.73. The maximum Gasteiger partial charge on any atom is 0.0900 e. The highest BCUT2D eigenvalue weighted by Gasteiger charge is 2.36. The van der Waals surface area contributed by atoms with Gasteiger partial charge in [-0.1, -0.05) is 74.5 Å². The van der Waals surface area contributed by atoms with Crippen LogP contribution in [0.15, 0.2) is 134 Å². The first-order valence-electron chi connectivity index (χ1n) is 13.5. The van der Waals surface area contributed by atoms with Crippen LogP contribution in [-0.2, 0) is 5.41 Å². The number of hydrogen-bond acceptors (Lipinski definition) is 4. The predicted molar refractivity (Wildman–Crippen MR) is 163 cm³/mol. The van der Waals surface area contributed by atoms with Crippen molar-refractivity contribution in [2.24, 2.45) is 0 Å². The first kappa shape index (κ1) is 24.0. The number of hydrogen-bond donors (Lipinski definition) is 0. The largest absolute Gasteiger partial charge is 0.310 e. The minimum Gasteiger partial charge on any atom is -0.310 e. The Balaban J connectivity index is 1.34. The lowest BCUT2D eigenvalue weighted by Gasteiger charge is -2.42. The van der Waals surface area contributed by atoms with Gasteiger partial charge in [-0.15, -0.1) is 0 Å². The third-order valence-corrected chi connectivity index (χ3v) is 7.78. The van der Waals surface area contributed by atoms with Crippen molar-refractivity contribution in [3.05, 3.63) is 145 Å². The Hall–Kier alpha value is -5.09. The number of nitrogens with zero attached hydrogens (tertiary/aromatic N) is 4. The average molecular weight is 517 g/mol. The predicted octanol–water partition coefficient (Wildman–Crippen LogP) is 8.98. The molecule has 0 amide bonds. The molecular weight excluding hydrogens is 488 g/mol. The summed E-state index contributed by atoms with van der Waals surface area (Å²) in [6, 6.07) is 42.3. The van der Waals surface area contributed by atoms with Gasteiger partial charge in [0, 0.05) is 23.5 Å². The normalized spacial score (nSPS) is 13.4. The highest BCUT2D eigenvalue weighted by Crippen LogP contribution is 2.51. The molecule has 0 saturated heterocycles. The molecule has 0 unspecified atom stereocenters. The zero-order valence-corrected chi connectivity index (χ0v) is 22.5. The van der Waals surface area contributed by atoms with Crippen LogP contribution in [0, 0.1) is 0 Å². The number of pyridine rings is 3. The fourth-order valence-corrected chi connectivity index (χ4v) is 5.74. The number of para-hydroxylation sites is 2. The highest BCUT2D eigenvalue weighted by molar-refractivity contribution is 5.86. The molecular formula is C36H28N4. The van der Waals surface area contributed by atoms with Gasteiger partial charge in [0.1, 0.15) is 0 Å². The van der Waals surface area contributed by atoms with E-state index in [1.54, 1.807) is 12.4 Å². The molecule has 4 heterocycles. The molecule has 4 heteroatoms. The summed E-state index contributed by atoms with van der Waals surface area (Å²) < 4.78 is 0. The molecule has 1 aliphatic rings. The fraction of sp³-hybridized carbons (Fsp3) is 0.0833. The summed E-state index contributed by atoms with van der Waals surface area (Å²) in [6.07, 6.45) is 3.60. The summed E-state index contributed by atoms with van der Waals surface area (Å²) in [5.41, 5.74) is 11.6. The van der Waals surface area contributed by atoms with Crippen LogP contribution in [0.5, 0.6) is 0 Å². The SMILES string of the molecule is CC1(C)c2ccccc2N(c2ccc(-c3cc(-c4ccccn4)nc(-c4ccccn4)c3)cc2)c2ccccc21. The summed E-state index contributed by atoms with van der Waals surface area (Å²) in [5.74, 6) is 0. The third-order valence-electron chi connectivity index (χ3n) is 7.78. The van der Waals surface area contributed by atoms with Crippen molar-refractivity contribution in [2.75, 3.05) is 4.90 Å². The van der Waals surface area contributed by atoms with Crippen LogP contribution in [0.4, 0.5) is 17.1 Å². The Labute approximate surface area is 234 Å². The molecule has 3 aromatic carbocycles. The van der Waals surface area contributed by atoms with E-state index < -0.39 is 0 Å². The third kappa shape index (κ3) is 4.05. The van der Waals surface area contributed by atoms with E-state index in [1.165, 1.54) is 22.5 Å². The van der Waals surface area contributed by atoms with Crippen LogP contribution in [-0.4, -0.2) is 15.0 Å². The van der Waals surface area contributed by atoms with Crippen LogP contribution in [0.25, 0.3) is 33.9 Å². The second-order valence-electron chi connectivity index (χ2n) is 10.6. The van der Waals surface area contributed by atoms with Crippen LogP contribution in [0.3, 0.4) is 0 Å². The summed E-state index contributed by atoms with van der Waals surface area (Å²) in [7, 11) is 0. The maximum absolute atomic E-state index is 4.92. The van der Waals surface area contributed by atoms with Crippen molar-refractivity contribution >= 4 is 17.1 Å². The first-order valence-corrected chi connectivity index (χ1v) is 13.5. The lowest BCUT2D eigenvalue weighted by molar-refractivity contribution is 0.632. The minimum absolute atomic E-state index is 0.0790. The van der Waals surface area contributed by atoms with Crippen molar-refractivity contribution in [3.8, 4) is 33.9 Å². The molecule has 0 aliphatic carbocycles. The molecule has 0 spiro atoms. The molecule has 0 bridgehead atoms. The van der Waals surface area contributed by atoms with Gasteiger partial charge in [0.2, 0.25) is 0 Å². The molecule has 6 aromatic rings. The Morgan fingerprint density at radius 3 is 1.50 bits per heavy atom. The molecule has 0 N–H and O–H groups in total. The van der Waals surface area contributed by atoms with E-state index in [-0.39, 0.29) is 5.41 Å². The Bertz CT molecular complexity index is 1700. The molecule has 40 heavy (non-hydrogen) atoms. The highest BCUT2D eigenvalue weighted by atomic mass is 15.2. The van der Waals surface area contributed by atoms with Gasteiger partial charge < -0.3 is 4.90 Å². The number of benzene rings is 3. The second-order valence-corrected chi connectivity index (χ2v) is 10.6. The molecule has 0 radical (unpaired) electrons. The van der Waals surface area contributed by atoms with Crippen molar-refractivity contribution < 1.29 is 0 Å². The summed E-state index contributed by atoms with van der Waals surface area (Å²) in [4.78, 5) is 16.4. The number of aromatic nitrogens is 3. The molecule has 3 aromatic heterocycles. The Morgan fingerprint density at radius 1 is 0.500 bits per heavy atom. The number of rotatable bonds is 4. The van der Waals surface area contributed by atoms with E-state index in [4.69, 9.17) is 4.98 Å². The maximum atomic E-state index is 4.92. The van der Waals surface area contributed by atoms with E-state index in [0.717, 1.165) is 39.6 Å². The van der Waals surface area contributed by atoms with Gasteiger partial charge in [-0.2, -0.15) is 0 Å². The van der Waals surface area contributed by atoms with Crippen molar-refractivity contribution in [1.82, 2.24) is 15.0 Å². The lowest BCUT2D eigenvalue weighted by Crippen LogP contribution is -2.30. The van der Waals surface area contributed by atoms with Gasteiger partial charge in [-0.05, 0) is 82.9 Å². The van der Waals surface area contributed by atoms with Crippen molar-refractivity contribution in [1.29, 1.82) is 0 Å². The van der Waals surface area contributed by atoms with E-state index >= 15 is 0 Å². The molecule has 192 valence electrons. The van der Waals surface area contributed by atoms with Crippen LogP contribution in [0.2, 0.25) is 0 Å². The van der Waals surface area contributed by atoms with Gasteiger partial charge in [0.15, 0.2) is 0 Å². The van der Waals surface area contributed by atoms with E-state index in [1.807, 2.05) is 36.4 Å². The smallest absolute Gasteiger partial charge is 0.0900 e. The monoisotopic (exact) mass is 516 g/mol. The summed E-state index contributed by atoms with van der Waals surface area (Å²) in [6.45, 7) is 4.62. The molecule has 0 atom stereocenters. The zero-order valence-electron chi connectivity index (χ0n) is 22.5. The number of fused-ring (bicyclic) bond motifs is 2.